The number of hydrogen-bond donors (Lipinski definition) is 1. The highest BCUT2D eigenvalue weighted by molar-refractivity contribution is 5.94. The van der Waals surface area contributed by atoms with Crippen LogP contribution in [0.4, 0.5) is 17.6 Å². The molecule has 1 aromatic carbocycles. The molecule has 9 nitrogen and oxygen atoms in total. The number of aromatic nitrogens is 3. The van der Waals surface area contributed by atoms with Gasteiger partial charge in [0.2, 0.25) is 6.20 Å². The lowest BCUT2D eigenvalue weighted by atomic mass is 10.0. The number of aryl methyl sites for hydroxylation is 1. The van der Waals surface area contributed by atoms with E-state index in [1.54, 1.807) is 18.2 Å². The molecule has 1 saturated heterocycles. The molecular formula is C27H27F4N4O5+. The van der Waals surface area contributed by atoms with E-state index in [-0.39, 0.29) is 42.6 Å². The van der Waals surface area contributed by atoms with Crippen LogP contribution >= 0.6 is 0 Å². The molecule has 13 heteroatoms. The molecule has 2 aromatic heterocycles. The number of benzene rings is 1. The zero-order chi connectivity index (χ0) is 28.9. The molecule has 0 aliphatic carbocycles. The van der Waals surface area contributed by atoms with E-state index in [1.165, 1.54) is 35.4 Å². The molecule has 1 amide bonds. The first-order chi connectivity index (χ1) is 19.0. The third-order valence-electron chi connectivity index (χ3n) is 6.47. The predicted molar refractivity (Wildman–Crippen MR) is 131 cm³/mol. The van der Waals surface area contributed by atoms with E-state index in [2.05, 4.69) is 15.0 Å². The second-order valence-corrected chi connectivity index (χ2v) is 9.26. The Morgan fingerprint density at radius 3 is 2.60 bits per heavy atom. The minimum Gasteiger partial charge on any atom is -0.367 e. The number of aromatic amines is 1. The van der Waals surface area contributed by atoms with Crippen LogP contribution in [0.25, 0.3) is 0 Å². The molecule has 0 spiro atoms. The Morgan fingerprint density at radius 2 is 1.90 bits per heavy atom. The van der Waals surface area contributed by atoms with Crippen LogP contribution in [0.15, 0.2) is 53.5 Å². The summed E-state index contributed by atoms with van der Waals surface area (Å²) in [6.45, 7) is 2.29. The third-order valence-corrected chi connectivity index (χ3v) is 6.47. The van der Waals surface area contributed by atoms with E-state index < -0.39 is 23.9 Å². The summed E-state index contributed by atoms with van der Waals surface area (Å²) in [5.41, 5.74) is 1.69. The number of hydrogen-bond acceptors (Lipinski definition) is 6. The van der Waals surface area contributed by atoms with Crippen LogP contribution in [0.3, 0.4) is 0 Å². The number of amides is 1. The summed E-state index contributed by atoms with van der Waals surface area (Å²) >= 11 is 0. The smallest absolute Gasteiger partial charge is 0.367 e. The number of H-pyrrole nitrogens is 1. The first-order valence-corrected chi connectivity index (χ1v) is 12.6. The van der Waals surface area contributed by atoms with Gasteiger partial charge in [-0.25, -0.2) is 14.3 Å². The molecular weight excluding hydrogens is 536 g/mol. The average Bonchev–Trinajstić information content (AvgIpc) is 2.94. The number of piperidine rings is 1. The Kier molecular flexibility index (Phi) is 8.93. The maximum absolute atomic E-state index is 14.6. The molecule has 3 heterocycles. The van der Waals surface area contributed by atoms with Crippen LogP contribution in [0.2, 0.25) is 0 Å². The summed E-state index contributed by atoms with van der Waals surface area (Å²) in [6, 6.07) is 10.4. The number of carbonyl (C=O) groups excluding carboxylic acids is 2. The Bertz CT molecular complexity index is 1430. The van der Waals surface area contributed by atoms with Crippen molar-refractivity contribution in [3.63, 3.8) is 0 Å². The lowest BCUT2D eigenvalue weighted by Gasteiger charge is -2.32. The zero-order valence-electron chi connectivity index (χ0n) is 21.5. The first kappa shape index (κ1) is 28.9. The normalized spacial score (nSPS) is 14.3. The van der Waals surface area contributed by atoms with Crippen LogP contribution in [0, 0.1) is 5.82 Å². The maximum atomic E-state index is 14.6. The minimum atomic E-state index is -5.14. The van der Waals surface area contributed by atoms with Gasteiger partial charge in [0.1, 0.15) is 12.4 Å². The molecule has 1 fully saturated rings. The first-order valence-electron chi connectivity index (χ1n) is 12.6. The van der Waals surface area contributed by atoms with Gasteiger partial charge in [0.15, 0.2) is 0 Å². The van der Waals surface area contributed by atoms with Crippen molar-refractivity contribution in [3.05, 3.63) is 92.9 Å². The predicted octanol–water partition coefficient (Wildman–Crippen LogP) is 2.69. The van der Waals surface area contributed by atoms with Gasteiger partial charge in [-0.2, -0.15) is 23.1 Å². The van der Waals surface area contributed by atoms with Gasteiger partial charge in [-0.15, -0.1) is 0 Å². The second-order valence-electron chi connectivity index (χ2n) is 9.26. The third kappa shape index (κ3) is 7.08. The standard InChI is InChI=1S/C27H26F4N4O5/c1-2-18-15-19(32-33-24(18)36)13-17-6-7-23(28)22(14-17)25(37)34-11-8-21(9-12-34)39-16-20-5-3-4-10-35(20)40-26(38)27(29,30)31/h3-7,10,14-15,21H,2,8-9,11-13,16H2,1H3/p+1. The zero-order valence-corrected chi connectivity index (χ0v) is 21.5. The molecule has 212 valence electrons. The summed E-state index contributed by atoms with van der Waals surface area (Å²) in [7, 11) is 0. The van der Waals surface area contributed by atoms with E-state index in [9.17, 15) is 31.9 Å². The van der Waals surface area contributed by atoms with Gasteiger partial charge in [-0.1, -0.05) is 13.0 Å². The molecule has 0 atom stereocenters. The molecule has 1 N–H and O–H groups in total. The molecule has 0 bridgehead atoms. The molecule has 0 unspecified atom stereocenters. The number of rotatable bonds is 8. The van der Waals surface area contributed by atoms with Crippen LogP contribution in [-0.4, -0.2) is 52.3 Å². The van der Waals surface area contributed by atoms with Gasteiger partial charge in [-0.3, -0.25) is 9.59 Å². The number of carbonyl (C=O) groups is 2. The topological polar surface area (TPSA) is 105 Å². The lowest BCUT2D eigenvalue weighted by Crippen LogP contribution is -2.52. The molecule has 1 aliphatic rings. The van der Waals surface area contributed by atoms with Gasteiger partial charge in [0.05, 0.1) is 17.4 Å². The van der Waals surface area contributed by atoms with Crippen molar-refractivity contribution in [1.29, 1.82) is 0 Å². The van der Waals surface area contributed by atoms with E-state index in [1.807, 2.05) is 6.92 Å². The number of ether oxygens (including phenoxy) is 1. The van der Waals surface area contributed by atoms with Crippen molar-refractivity contribution in [3.8, 4) is 0 Å². The van der Waals surface area contributed by atoms with E-state index in [0.717, 1.165) is 0 Å². The average molecular weight is 564 g/mol. The number of pyridine rings is 1. The second kappa shape index (κ2) is 12.4. The Hall–Kier alpha value is -4.13. The van der Waals surface area contributed by atoms with Crippen LogP contribution in [0.1, 0.15) is 52.6 Å². The van der Waals surface area contributed by atoms with Gasteiger partial charge in [0, 0.05) is 41.9 Å². The van der Waals surface area contributed by atoms with Gasteiger partial charge >= 0.3 is 12.1 Å². The Morgan fingerprint density at radius 1 is 1.15 bits per heavy atom. The molecule has 1 aliphatic heterocycles. The van der Waals surface area contributed by atoms with Crippen LogP contribution in [0.5, 0.6) is 0 Å². The minimum absolute atomic E-state index is 0.0752. The summed E-state index contributed by atoms with van der Waals surface area (Å²) in [5, 5.41) is 6.48. The van der Waals surface area contributed by atoms with Crippen molar-refractivity contribution in [2.45, 2.75) is 51.5 Å². The maximum Gasteiger partial charge on any atom is 0.498 e. The summed E-state index contributed by atoms with van der Waals surface area (Å²) in [5.74, 6) is -3.48. The highest BCUT2D eigenvalue weighted by Gasteiger charge is 2.45. The van der Waals surface area contributed by atoms with Crippen molar-refractivity contribution < 1.29 is 41.5 Å². The number of alkyl halides is 3. The molecule has 0 radical (unpaired) electrons. The van der Waals surface area contributed by atoms with Crippen molar-refractivity contribution in [2.24, 2.45) is 0 Å². The summed E-state index contributed by atoms with van der Waals surface area (Å²) in [4.78, 5) is 42.0. The fourth-order valence-corrected chi connectivity index (χ4v) is 4.31. The van der Waals surface area contributed by atoms with Crippen molar-refractivity contribution >= 4 is 11.9 Å². The Labute approximate surface area is 226 Å². The number of halogens is 4. The number of nitrogens with zero attached hydrogens (tertiary/aromatic N) is 3. The summed E-state index contributed by atoms with van der Waals surface area (Å²) in [6.07, 6.45) is -2.61. The van der Waals surface area contributed by atoms with Crippen LogP contribution in [-0.2, 0) is 29.0 Å². The summed E-state index contributed by atoms with van der Waals surface area (Å²) < 4.78 is 58.8. The van der Waals surface area contributed by atoms with E-state index in [4.69, 9.17) is 4.74 Å². The van der Waals surface area contributed by atoms with E-state index >= 15 is 0 Å². The monoisotopic (exact) mass is 563 g/mol. The largest absolute Gasteiger partial charge is 0.498 e. The quantitative estimate of drug-likeness (QED) is 0.334. The highest BCUT2D eigenvalue weighted by atomic mass is 19.4. The van der Waals surface area contributed by atoms with Crippen LogP contribution < -0.4 is 15.1 Å². The fourth-order valence-electron chi connectivity index (χ4n) is 4.31. The van der Waals surface area contributed by atoms with Gasteiger partial charge < -0.3 is 9.64 Å². The van der Waals surface area contributed by atoms with E-state index in [0.29, 0.717) is 47.2 Å². The molecule has 4 rings (SSSR count). The fraction of sp³-hybridized carbons (Fsp3) is 0.370. The molecule has 40 heavy (non-hydrogen) atoms. The van der Waals surface area contributed by atoms with Gasteiger partial charge in [0.25, 0.3) is 17.2 Å². The highest BCUT2D eigenvalue weighted by Crippen LogP contribution is 2.21. The Balaban J connectivity index is 1.34. The van der Waals surface area contributed by atoms with Crippen molar-refractivity contribution in [2.75, 3.05) is 13.1 Å². The van der Waals surface area contributed by atoms with Gasteiger partial charge in [-0.05, 0) is 49.1 Å². The van der Waals surface area contributed by atoms with Crippen molar-refractivity contribution in [1.82, 2.24) is 15.1 Å². The number of nitrogens with one attached hydrogen (secondary N) is 1. The molecule has 0 saturated carbocycles. The lowest BCUT2D eigenvalue weighted by molar-refractivity contribution is -0.877. The SMILES string of the molecule is CCc1cc(Cc2ccc(F)c(C(=O)N3CCC(OCc4cccc[n+]4OC(=O)C(F)(F)F)CC3)c2)n[nH]c1=O. The number of likely N-dealkylation sites (tertiary alicyclic amines) is 1. The molecule has 3 aromatic rings.